The molecular formula is C15H20F2N2O. The third kappa shape index (κ3) is 3.76. The van der Waals surface area contributed by atoms with Crippen molar-refractivity contribution >= 4 is 5.91 Å². The summed E-state index contributed by atoms with van der Waals surface area (Å²) in [4.78, 5) is 11.9. The number of hydrogen-bond donors (Lipinski definition) is 2. The lowest BCUT2D eigenvalue weighted by molar-refractivity contribution is -0.122. The Bertz CT molecular complexity index is 453. The Labute approximate surface area is 117 Å². The van der Waals surface area contributed by atoms with Gasteiger partial charge in [0.25, 0.3) is 0 Å². The van der Waals surface area contributed by atoms with E-state index in [-0.39, 0.29) is 11.5 Å². The average Bonchev–Trinajstić information content (AvgIpc) is 2.39. The lowest BCUT2D eigenvalue weighted by Crippen LogP contribution is -2.35. The number of piperidine rings is 1. The minimum atomic E-state index is -0.666. The van der Waals surface area contributed by atoms with Gasteiger partial charge in [-0.1, -0.05) is 6.07 Å². The second-order valence-corrected chi connectivity index (χ2v) is 5.34. The number of amides is 1. The Morgan fingerprint density at radius 2 is 2.15 bits per heavy atom. The van der Waals surface area contributed by atoms with Gasteiger partial charge < -0.3 is 10.6 Å². The molecule has 2 atom stereocenters. The minimum Gasteiger partial charge on any atom is -0.349 e. The Morgan fingerprint density at radius 3 is 2.75 bits per heavy atom. The van der Waals surface area contributed by atoms with Crippen molar-refractivity contribution in [3.05, 3.63) is 35.4 Å². The molecule has 1 aliphatic heterocycles. The lowest BCUT2D eigenvalue weighted by atomic mass is 9.95. The maximum absolute atomic E-state index is 13.6. The molecule has 3 nitrogen and oxygen atoms in total. The van der Waals surface area contributed by atoms with Gasteiger partial charge in [0.1, 0.15) is 11.6 Å². The molecule has 5 heteroatoms. The van der Waals surface area contributed by atoms with E-state index in [9.17, 15) is 13.6 Å². The van der Waals surface area contributed by atoms with E-state index in [1.807, 2.05) is 0 Å². The number of nitrogens with one attached hydrogen (secondary N) is 2. The first kappa shape index (κ1) is 14.9. The normalized spacial score (nSPS) is 20.4. The van der Waals surface area contributed by atoms with Gasteiger partial charge >= 0.3 is 0 Å². The summed E-state index contributed by atoms with van der Waals surface area (Å²) in [6.45, 7) is 3.42. The zero-order valence-corrected chi connectivity index (χ0v) is 11.6. The van der Waals surface area contributed by atoms with Gasteiger partial charge in [-0.2, -0.15) is 0 Å². The van der Waals surface area contributed by atoms with Crippen molar-refractivity contribution in [3.8, 4) is 0 Å². The van der Waals surface area contributed by atoms with Crippen molar-refractivity contribution in [1.82, 2.24) is 10.6 Å². The maximum Gasteiger partial charge on any atom is 0.220 e. The molecule has 0 spiro atoms. The average molecular weight is 282 g/mol. The van der Waals surface area contributed by atoms with Crippen LogP contribution < -0.4 is 10.6 Å². The van der Waals surface area contributed by atoms with Crippen molar-refractivity contribution in [3.63, 3.8) is 0 Å². The van der Waals surface area contributed by atoms with Gasteiger partial charge in [-0.25, -0.2) is 8.78 Å². The van der Waals surface area contributed by atoms with Gasteiger partial charge in [-0.05, 0) is 50.9 Å². The summed E-state index contributed by atoms with van der Waals surface area (Å²) in [5.41, 5.74) is -0.0809. The van der Waals surface area contributed by atoms with Crippen LogP contribution in [0.2, 0.25) is 0 Å². The molecule has 1 aromatic rings. The maximum atomic E-state index is 13.6. The van der Waals surface area contributed by atoms with Gasteiger partial charge in [0.2, 0.25) is 5.91 Å². The van der Waals surface area contributed by atoms with Gasteiger partial charge in [0, 0.05) is 12.0 Å². The first-order valence-corrected chi connectivity index (χ1v) is 7.02. The molecule has 0 aromatic heterocycles. The van der Waals surface area contributed by atoms with Crippen LogP contribution in [0.1, 0.15) is 37.8 Å². The Balaban J connectivity index is 1.93. The Hall–Kier alpha value is -1.49. The highest BCUT2D eigenvalue weighted by Gasteiger charge is 2.21. The Kier molecular flexibility index (Phi) is 5.06. The molecule has 1 fully saturated rings. The van der Waals surface area contributed by atoms with Crippen molar-refractivity contribution < 1.29 is 13.6 Å². The highest BCUT2D eigenvalue weighted by molar-refractivity contribution is 5.76. The molecule has 1 saturated heterocycles. The number of hydrogen-bond acceptors (Lipinski definition) is 2. The van der Waals surface area contributed by atoms with Crippen LogP contribution in [0.3, 0.4) is 0 Å². The molecule has 110 valence electrons. The molecule has 0 radical (unpaired) electrons. The monoisotopic (exact) mass is 282 g/mol. The number of benzene rings is 1. The molecule has 2 unspecified atom stereocenters. The summed E-state index contributed by atoms with van der Waals surface area (Å²) < 4.78 is 27.2. The molecule has 0 bridgehead atoms. The van der Waals surface area contributed by atoms with Crippen molar-refractivity contribution in [2.75, 3.05) is 13.1 Å². The molecular weight excluding hydrogens is 262 g/mol. The van der Waals surface area contributed by atoms with Crippen LogP contribution in [0.5, 0.6) is 0 Å². The number of carbonyl (C=O) groups excluding carboxylic acids is 1. The van der Waals surface area contributed by atoms with Crippen LogP contribution in [0.15, 0.2) is 18.2 Å². The predicted octanol–water partition coefficient (Wildman–Crippen LogP) is 2.53. The van der Waals surface area contributed by atoms with E-state index in [0.29, 0.717) is 12.3 Å². The van der Waals surface area contributed by atoms with Crippen LogP contribution in [0.4, 0.5) is 8.78 Å². The Morgan fingerprint density at radius 1 is 1.45 bits per heavy atom. The molecule has 2 rings (SSSR count). The molecule has 2 N–H and O–H groups in total. The zero-order valence-electron chi connectivity index (χ0n) is 11.6. The SMILES string of the molecule is CC(NC(=O)CC1CCCNC1)c1c(F)cccc1F. The minimum absolute atomic E-state index is 0.0809. The smallest absolute Gasteiger partial charge is 0.220 e. The second kappa shape index (κ2) is 6.79. The number of carbonyl (C=O) groups is 1. The third-order valence-electron chi connectivity index (χ3n) is 3.68. The van der Waals surface area contributed by atoms with Gasteiger partial charge in [-0.3, -0.25) is 4.79 Å². The van der Waals surface area contributed by atoms with E-state index in [4.69, 9.17) is 0 Å². The van der Waals surface area contributed by atoms with Gasteiger partial charge in [0.05, 0.1) is 6.04 Å². The fourth-order valence-electron chi connectivity index (χ4n) is 2.66. The fraction of sp³-hybridized carbons (Fsp3) is 0.533. The molecule has 1 aromatic carbocycles. The van der Waals surface area contributed by atoms with Crippen molar-refractivity contribution in [2.24, 2.45) is 5.92 Å². The third-order valence-corrected chi connectivity index (χ3v) is 3.68. The summed E-state index contributed by atoms with van der Waals surface area (Å²) in [6, 6.07) is 3.05. The van der Waals surface area contributed by atoms with Crippen LogP contribution in [-0.2, 0) is 4.79 Å². The fourth-order valence-corrected chi connectivity index (χ4v) is 2.66. The van der Waals surface area contributed by atoms with Crippen LogP contribution in [0, 0.1) is 17.6 Å². The van der Waals surface area contributed by atoms with Crippen LogP contribution >= 0.6 is 0 Å². The molecule has 20 heavy (non-hydrogen) atoms. The topological polar surface area (TPSA) is 41.1 Å². The van der Waals surface area contributed by atoms with Gasteiger partial charge in [-0.15, -0.1) is 0 Å². The standard InChI is InChI=1S/C15H20F2N2O/c1-10(15-12(16)5-2-6-13(15)17)19-14(20)8-11-4-3-7-18-9-11/h2,5-6,10-11,18H,3-4,7-9H2,1H3,(H,19,20). The van der Waals surface area contributed by atoms with Crippen molar-refractivity contribution in [1.29, 1.82) is 0 Å². The largest absolute Gasteiger partial charge is 0.349 e. The summed E-state index contributed by atoms with van der Waals surface area (Å²) in [6.07, 6.45) is 2.48. The summed E-state index contributed by atoms with van der Waals surface area (Å²) in [5, 5.41) is 5.92. The summed E-state index contributed by atoms with van der Waals surface area (Å²) >= 11 is 0. The molecule has 1 aliphatic rings. The number of rotatable bonds is 4. The van der Waals surface area contributed by atoms with Crippen LogP contribution in [0.25, 0.3) is 0 Å². The lowest BCUT2D eigenvalue weighted by Gasteiger charge is -2.23. The molecule has 0 aliphatic carbocycles. The molecule has 1 amide bonds. The zero-order chi connectivity index (χ0) is 14.5. The highest BCUT2D eigenvalue weighted by atomic mass is 19.1. The van der Waals surface area contributed by atoms with Gasteiger partial charge in [0.15, 0.2) is 0 Å². The first-order chi connectivity index (χ1) is 9.58. The van der Waals surface area contributed by atoms with Crippen molar-refractivity contribution in [2.45, 2.75) is 32.2 Å². The predicted molar refractivity (Wildman–Crippen MR) is 73.1 cm³/mol. The van der Waals surface area contributed by atoms with E-state index >= 15 is 0 Å². The van der Waals surface area contributed by atoms with E-state index in [0.717, 1.165) is 25.9 Å². The van der Waals surface area contributed by atoms with E-state index < -0.39 is 17.7 Å². The summed E-state index contributed by atoms with van der Waals surface area (Å²) in [5.74, 6) is -1.11. The quantitative estimate of drug-likeness (QED) is 0.891. The van der Waals surface area contributed by atoms with Crippen LogP contribution in [-0.4, -0.2) is 19.0 Å². The molecule has 1 heterocycles. The van der Waals surface area contributed by atoms with E-state index in [2.05, 4.69) is 10.6 Å². The second-order valence-electron chi connectivity index (χ2n) is 5.34. The number of halogens is 2. The van der Waals surface area contributed by atoms with E-state index in [1.54, 1.807) is 6.92 Å². The first-order valence-electron chi connectivity index (χ1n) is 7.02. The highest BCUT2D eigenvalue weighted by Crippen LogP contribution is 2.21. The summed E-state index contributed by atoms with van der Waals surface area (Å²) in [7, 11) is 0. The van der Waals surface area contributed by atoms with E-state index in [1.165, 1.54) is 18.2 Å². The molecule has 0 saturated carbocycles.